The summed E-state index contributed by atoms with van der Waals surface area (Å²) in [5, 5.41) is 0. The molecule has 0 fully saturated rings. The molecule has 24 heavy (non-hydrogen) atoms. The van der Waals surface area contributed by atoms with Crippen LogP contribution in [0.1, 0.15) is 11.1 Å². The minimum atomic E-state index is 0.0277. The van der Waals surface area contributed by atoms with E-state index in [1.54, 1.807) is 4.57 Å². The van der Waals surface area contributed by atoms with Gasteiger partial charge in [-0.2, -0.15) is 0 Å². The van der Waals surface area contributed by atoms with E-state index in [0.717, 1.165) is 20.6 Å². The molecule has 0 atom stereocenters. The van der Waals surface area contributed by atoms with Crippen LogP contribution < -0.4 is 19.8 Å². The van der Waals surface area contributed by atoms with E-state index in [2.05, 4.69) is 35.0 Å². The molecule has 120 valence electrons. The summed E-state index contributed by atoms with van der Waals surface area (Å²) in [5.74, 6) is 0. The van der Waals surface area contributed by atoms with Crippen molar-refractivity contribution in [3.8, 4) is 0 Å². The Kier molecular flexibility index (Phi) is 3.78. The monoisotopic (exact) mass is 335 g/mol. The number of nitrogens with zero attached hydrogens (tertiary/aromatic N) is 3. The molecule has 0 bridgehead atoms. The maximum atomic E-state index is 12.7. The fourth-order valence-corrected chi connectivity index (χ4v) is 3.76. The Hall–Kier alpha value is -2.66. The van der Waals surface area contributed by atoms with Gasteiger partial charge in [0, 0.05) is 5.69 Å². The number of anilines is 1. The van der Waals surface area contributed by atoms with Gasteiger partial charge in [0.1, 0.15) is 13.3 Å². The molecule has 0 unspecified atom stereocenters. The van der Waals surface area contributed by atoms with Crippen LogP contribution in [0.2, 0.25) is 0 Å². The first-order valence-corrected chi connectivity index (χ1v) is 8.65. The molecular weight excluding hydrogens is 318 g/mol. The van der Waals surface area contributed by atoms with Crippen molar-refractivity contribution in [2.45, 2.75) is 13.6 Å². The Labute approximate surface area is 143 Å². The van der Waals surface area contributed by atoms with E-state index in [1.807, 2.05) is 42.5 Å². The van der Waals surface area contributed by atoms with Gasteiger partial charge in [0.2, 0.25) is 0 Å². The van der Waals surface area contributed by atoms with Gasteiger partial charge in [-0.3, -0.25) is 9.36 Å². The fourth-order valence-electron chi connectivity index (χ4n) is 2.80. The van der Waals surface area contributed by atoms with Crippen LogP contribution in [0.4, 0.5) is 5.69 Å². The summed E-state index contributed by atoms with van der Waals surface area (Å²) in [6.07, 6.45) is 1.94. The normalized spacial score (nSPS) is 14.4. The van der Waals surface area contributed by atoms with Crippen LogP contribution in [0, 0.1) is 6.92 Å². The van der Waals surface area contributed by atoms with Crippen LogP contribution in [0.25, 0.3) is 6.08 Å². The van der Waals surface area contributed by atoms with Crippen molar-refractivity contribution in [2.75, 3.05) is 11.6 Å². The molecule has 2 aromatic carbocycles. The minimum absolute atomic E-state index is 0.0277. The molecule has 4 nitrogen and oxygen atoms in total. The Balaban J connectivity index is 1.73. The van der Waals surface area contributed by atoms with E-state index in [9.17, 15) is 4.79 Å². The lowest BCUT2D eigenvalue weighted by atomic mass is 10.2. The lowest BCUT2D eigenvalue weighted by Crippen LogP contribution is -2.42. The summed E-state index contributed by atoms with van der Waals surface area (Å²) in [6, 6.07) is 18.2. The molecule has 0 saturated heterocycles. The third kappa shape index (κ3) is 2.78. The SMILES string of the molecule is Cc1cccc(N2CN=c3sc(=Cc4ccccc4)c(=O)n3C2)c1. The van der Waals surface area contributed by atoms with Gasteiger partial charge in [0.15, 0.2) is 4.80 Å². The predicted octanol–water partition coefficient (Wildman–Crippen LogP) is 2.10. The fraction of sp³-hybridized carbons (Fsp3) is 0.158. The predicted molar refractivity (Wildman–Crippen MR) is 97.9 cm³/mol. The van der Waals surface area contributed by atoms with E-state index < -0.39 is 0 Å². The second-order valence-electron chi connectivity index (χ2n) is 5.86. The smallest absolute Gasteiger partial charge is 0.271 e. The standard InChI is InChI=1S/C19H17N3OS/c1-14-6-5-9-16(10-14)21-12-20-19-22(13-21)18(23)17(24-19)11-15-7-3-2-4-8-15/h2-11H,12-13H2,1H3. The van der Waals surface area contributed by atoms with Gasteiger partial charge < -0.3 is 4.90 Å². The van der Waals surface area contributed by atoms with Gasteiger partial charge in [-0.05, 0) is 36.3 Å². The zero-order chi connectivity index (χ0) is 16.5. The summed E-state index contributed by atoms with van der Waals surface area (Å²) < 4.78 is 2.48. The van der Waals surface area contributed by atoms with Crippen molar-refractivity contribution in [1.29, 1.82) is 0 Å². The van der Waals surface area contributed by atoms with Crippen molar-refractivity contribution < 1.29 is 0 Å². The molecule has 1 aromatic heterocycles. The lowest BCUT2D eigenvalue weighted by molar-refractivity contribution is 0.569. The maximum absolute atomic E-state index is 12.7. The van der Waals surface area contributed by atoms with Gasteiger partial charge in [-0.15, -0.1) is 0 Å². The van der Waals surface area contributed by atoms with Crippen LogP contribution in [-0.4, -0.2) is 11.2 Å². The summed E-state index contributed by atoms with van der Waals surface area (Å²) in [4.78, 5) is 20.2. The Morgan fingerprint density at radius 3 is 2.75 bits per heavy atom. The lowest BCUT2D eigenvalue weighted by Gasteiger charge is -2.25. The van der Waals surface area contributed by atoms with Crippen LogP contribution in [-0.2, 0) is 6.67 Å². The quantitative estimate of drug-likeness (QED) is 0.719. The van der Waals surface area contributed by atoms with Gasteiger partial charge in [0.05, 0.1) is 4.53 Å². The molecule has 4 rings (SSSR count). The van der Waals surface area contributed by atoms with Crippen LogP contribution >= 0.6 is 11.3 Å². The number of aromatic nitrogens is 1. The van der Waals surface area contributed by atoms with E-state index in [4.69, 9.17) is 0 Å². The second-order valence-corrected chi connectivity index (χ2v) is 6.87. The van der Waals surface area contributed by atoms with Crippen molar-refractivity contribution in [2.24, 2.45) is 4.99 Å². The molecule has 1 aliphatic heterocycles. The molecule has 3 aromatic rings. The number of thiazole rings is 1. The van der Waals surface area contributed by atoms with Gasteiger partial charge in [-0.25, -0.2) is 4.99 Å². The Morgan fingerprint density at radius 1 is 1.12 bits per heavy atom. The molecule has 0 saturated carbocycles. The van der Waals surface area contributed by atoms with E-state index in [-0.39, 0.29) is 5.56 Å². The third-order valence-electron chi connectivity index (χ3n) is 4.04. The van der Waals surface area contributed by atoms with Crippen molar-refractivity contribution >= 4 is 23.1 Å². The zero-order valence-corrected chi connectivity index (χ0v) is 14.2. The van der Waals surface area contributed by atoms with Crippen molar-refractivity contribution in [3.05, 3.63) is 85.4 Å². The Morgan fingerprint density at radius 2 is 1.96 bits per heavy atom. The number of aryl methyl sites for hydroxylation is 1. The van der Waals surface area contributed by atoms with E-state index in [0.29, 0.717) is 13.3 Å². The van der Waals surface area contributed by atoms with Gasteiger partial charge in [-0.1, -0.05) is 53.8 Å². The Bertz CT molecular complexity index is 1050. The minimum Gasteiger partial charge on any atom is -0.334 e. The van der Waals surface area contributed by atoms with E-state index in [1.165, 1.54) is 16.9 Å². The van der Waals surface area contributed by atoms with Crippen LogP contribution in [0.3, 0.4) is 0 Å². The summed E-state index contributed by atoms with van der Waals surface area (Å²) in [5.41, 5.74) is 3.36. The number of hydrogen-bond acceptors (Lipinski definition) is 4. The number of rotatable bonds is 2. The molecule has 0 N–H and O–H groups in total. The molecule has 1 aliphatic rings. The average molecular weight is 335 g/mol. The number of benzene rings is 2. The first-order chi connectivity index (χ1) is 11.7. The highest BCUT2D eigenvalue weighted by atomic mass is 32.1. The van der Waals surface area contributed by atoms with Crippen molar-refractivity contribution in [1.82, 2.24) is 4.57 Å². The molecule has 0 aliphatic carbocycles. The van der Waals surface area contributed by atoms with Crippen molar-refractivity contribution in [3.63, 3.8) is 0 Å². The molecular formula is C19H17N3OS. The molecule has 5 heteroatoms. The third-order valence-corrected chi connectivity index (χ3v) is 5.09. The number of fused-ring (bicyclic) bond motifs is 1. The molecule has 2 heterocycles. The summed E-state index contributed by atoms with van der Waals surface area (Å²) in [6.45, 7) is 3.19. The molecule has 0 amide bonds. The van der Waals surface area contributed by atoms with Gasteiger partial charge >= 0.3 is 0 Å². The van der Waals surface area contributed by atoms with Gasteiger partial charge in [0.25, 0.3) is 5.56 Å². The second kappa shape index (κ2) is 6.09. The van der Waals surface area contributed by atoms with E-state index >= 15 is 0 Å². The van der Waals surface area contributed by atoms with Crippen LogP contribution in [0.5, 0.6) is 0 Å². The van der Waals surface area contributed by atoms with Crippen LogP contribution in [0.15, 0.2) is 64.4 Å². The highest BCUT2D eigenvalue weighted by molar-refractivity contribution is 7.07. The average Bonchev–Trinajstić information content (AvgIpc) is 2.91. The zero-order valence-electron chi connectivity index (χ0n) is 13.3. The highest BCUT2D eigenvalue weighted by Crippen LogP contribution is 2.17. The largest absolute Gasteiger partial charge is 0.334 e. The maximum Gasteiger partial charge on any atom is 0.271 e. The molecule has 0 spiro atoms. The number of hydrogen-bond donors (Lipinski definition) is 0. The highest BCUT2D eigenvalue weighted by Gasteiger charge is 2.15. The summed E-state index contributed by atoms with van der Waals surface area (Å²) in [7, 11) is 0. The topological polar surface area (TPSA) is 37.6 Å². The molecule has 0 radical (unpaired) electrons. The first-order valence-electron chi connectivity index (χ1n) is 7.83. The summed E-state index contributed by atoms with van der Waals surface area (Å²) >= 11 is 1.46. The first kappa shape index (κ1) is 14.9.